The van der Waals surface area contributed by atoms with Crippen LogP contribution in [-0.4, -0.2) is 19.5 Å². The van der Waals surface area contributed by atoms with Crippen molar-refractivity contribution in [3.8, 4) is 62.1 Å². The highest BCUT2D eigenvalue weighted by atomic mass is 32.1. The molecule has 262 valence electrons. The first kappa shape index (κ1) is 25.7. The molecule has 5 heteroatoms. The SMILES string of the molecule is [2H]c1cc([2H])c2c(c1[2H])c1c([2H])c([2H])c([2H])c([2H])c1n2-c1ccccc1-c1nc(-c2ccccc2)nc(-c2cccc(-c3cccc4c3sc3c(-c5ccccc5)cccc34)c2)n1. The summed E-state index contributed by atoms with van der Waals surface area (Å²) in [5.74, 6) is 1.14. The molecule has 0 N–H and O–H groups in total. The van der Waals surface area contributed by atoms with E-state index in [1.54, 1.807) is 28.0 Å². The van der Waals surface area contributed by atoms with Gasteiger partial charge in [-0.1, -0.05) is 164 Å². The van der Waals surface area contributed by atoms with Gasteiger partial charge in [0, 0.05) is 47.6 Å². The van der Waals surface area contributed by atoms with Crippen LogP contribution in [0.2, 0.25) is 0 Å². The van der Waals surface area contributed by atoms with Crippen molar-refractivity contribution >= 4 is 53.3 Å². The van der Waals surface area contributed by atoms with Gasteiger partial charge in [-0.3, -0.25) is 0 Å². The van der Waals surface area contributed by atoms with Crippen molar-refractivity contribution in [2.24, 2.45) is 0 Å². The van der Waals surface area contributed by atoms with Crippen LogP contribution in [0.25, 0.3) is 104 Å². The maximum absolute atomic E-state index is 9.11. The number of thiophene rings is 1. The largest absolute Gasteiger partial charge is 0.309 e. The number of para-hydroxylation sites is 3. The zero-order valence-electron chi connectivity index (χ0n) is 36.6. The molecule has 0 aliphatic rings. The van der Waals surface area contributed by atoms with Gasteiger partial charge in [0.2, 0.25) is 0 Å². The second-order valence-corrected chi connectivity index (χ2v) is 14.5. The predicted molar refractivity (Wildman–Crippen MR) is 234 cm³/mol. The molecule has 0 radical (unpaired) electrons. The van der Waals surface area contributed by atoms with E-state index in [9.17, 15) is 0 Å². The fraction of sp³-hybridized carbons (Fsp3) is 0. The van der Waals surface area contributed by atoms with E-state index in [0.29, 0.717) is 28.7 Å². The monoisotopic (exact) mass is 739 g/mol. The number of aromatic nitrogens is 4. The van der Waals surface area contributed by atoms with E-state index in [2.05, 4.69) is 72.8 Å². The lowest BCUT2D eigenvalue weighted by Crippen LogP contribution is -2.03. The Hall–Kier alpha value is -7.21. The summed E-state index contributed by atoms with van der Waals surface area (Å²) in [6.07, 6.45) is 0. The Morgan fingerprint density at radius 2 is 0.929 bits per heavy atom. The Bertz CT molecular complexity index is 3660. The lowest BCUT2D eigenvalue weighted by atomic mass is 9.99. The summed E-state index contributed by atoms with van der Waals surface area (Å²) in [5.41, 5.74) is 7.19. The minimum absolute atomic E-state index is 0.0708. The van der Waals surface area contributed by atoms with Gasteiger partial charge in [0.25, 0.3) is 0 Å². The Balaban J connectivity index is 1.13. The molecule has 0 saturated carbocycles. The summed E-state index contributed by atoms with van der Waals surface area (Å²) >= 11 is 1.79. The highest BCUT2D eigenvalue weighted by Gasteiger charge is 2.20. The summed E-state index contributed by atoms with van der Waals surface area (Å²) in [6.45, 7) is 0. The van der Waals surface area contributed by atoms with Crippen LogP contribution >= 0.6 is 11.3 Å². The van der Waals surface area contributed by atoms with Gasteiger partial charge in [-0.2, -0.15) is 0 Å². The topological polar surface area (TPSA) is 43.6 Å². The summed E-state index contributed by atoms with van der Waals surface area (Å²) < 4.78 is 65.7. The molecule has 3 heterocycles. The van der Waals surface area contributed by atoms with Gasteiger partial charge < -0.3 is 4.57 Å². The van der Waals surface area contributed by atoms with Crippen molar-refractivity contribution in [3.05, 3.63) is 194 Å². The highest BCUT2D eigenvalue weighted by Crippen LogP contribution is 2.44. The molecule has 0 amide bonds. The Morgan fingerprint density at radius 3 is 1.70 bits per heavy atom. The van der Waals surface area contributed by atoms with Crippen LogP contribution in [0.5, 0.6) is 0 Å². The van der Waals surface area contributed by atoms with Crippen molar-refractivity contribution in [3.63, 3.8) is 0 Å². The Labute approximate surface area is 337 Å². The first-order valence-electron chi connectivity index (χ1n) is 21.7. The van der Waals surface area contributed by atoms with Crippen LogP contribution in [-0.2, 0) is 0 Å². The predicted octanol–water partition coefficient (Wildman–Crippen LogP) is 13.7. The summed E-state index contributed by atoms with van der Waals surface area (Å²) in [6, 6.07) is 47.6. The lowest BCUT2D eigenvalue weighted by Gasteiger charge is -2.14. The minimum Gasteiger partial charge on any atom is -0.309 e. The zero-order chi connectivity index (χ0) is 43.1. The molecule has 0 saturated heterocycles. The van der Waals surface area contributed by atoms with Gasteiger partial charge in [0.15, 0.2) is 17.5 Å². The molecule has 0 spiro atoms. The molecular formula is C51H32N4S. The third-order valence-corrected chi connectivity index (χ3v) is 11.5. The van der Waals surface area contributed by atoms with E-state index in [0.717, 1.165) is 22.3 Å². The van der Waals surface area contributed by atoms with Crippen molar-refractivity contribution in [1.29, 1.82) is 0 Å². The number of hydrogen-bond acceptors (Lipinski definition) is 4. The molecule has 11 rings (SSSR count). The van der Waals surface area contributed by atoms with Gasteiger partial charge in [-0.15, -0.1) is 11.3 Å². The lowest BCUT2D eigenvalue weighted by molar-refractivity contribution is 1.06. The summed E-state index contributed by atoms with van der Waals surface area (Å²) in [4.78, 5) is 15.2. The number of fused-ring (bicyclic) bond motifs is 6. The second-order valence-electron chi connectivity index (χ2n) is 13.4. The van der Waals surface area contributed by atoms with E-state index < -0.39 is 12.1 Å². The van der Waals surface area contributed by atoms with E-state index in [1.165, 1.54) is 37.4 Å². The summed E-state index contributed by atoms with van der Waals surface area (Å²) in [5, 5.41) is 2.57. The molecule has 8 aromatic carbocycles. The van der Waals surface area contributed by atoms with Crippen molar-refractivity contribution in [2.45, 2.75) is 0 Å². The molecule has 0 atom stereocenters. The van der Waals surface area contributed by atoms with Crippen LogP contribution < -0.4 is 0 Å². The van der Waals surface area contributed by atoms with Crippen LogP contribution in [0.4, 0.5) is 0 Å². The van der Waals surface area contributed by atoms with Crippen molar-refractivity contribution < 1.29 is 9.60 Å². The first-order chi connectivity index (χ1) is 30.7. The quantitative estimate of drug-likeness (QED) is 0.171. The molecule has 0 aliphatic carbocycles. The fourth-order valence-corrected chi connectivity index (χ4v) is 9.00. The molecule has 4 nitrogen and oxygen atoms in total. The Kier molecular flexibility index (Phi) is 6.10. The van der Waals surface area contributed by atoms with Crippen LogP contribution in [0.1, 0.15) is 9.60 Å². The third kappa shape index (κ3) is 5.32. The normalized spacial score (nSPS) is 13.3. The molecule has 0 aliphatic heterocycles. The van der Waals surface area contributed by atoms with E-state index in [-0.39, 0.29) is 52.0 Å². The van der Waals surface area contributed by atoms with Crippen LogP contribution in [0, 0.1) is 0 Å². The number of rotatable bonds is 6. The van der Waals surface area contributed by atoms with E-state index in [1.807, 2.05) is 60.7 Å². The molecule has 0 unspecified atom stereocenters. The van der Waals surface area contributed by atoms with Gasteiger partial charge in [-0.25, -0.2) is 15.0 Å². The smallest absolute Gasteiger partial charge is 0.166 e. The molecule has 0 bridgehead atoms. The zero-order valence-corrected chi connectivity index (χ0v) is 30.4. The average molecular weight is 740 g/mol. The van der Waals surface area contributed by atoms with Crippen molar-refractivity contribution in [1.82, 2.24) is 19.5 Å². The van der Waals surface area contributed by atoms with Gasteiger partial charge >= 0.3 is 0 Å². The van der Waals surface area contributed by atoms with Crippen molar-refractivity contribution in [2.75, 3.05) is 0 Å². The standard InChI is InChI=1S/C51H32N4S/c1-3-16-33(17-4-1)37-25-14-27-41-42-28-15-26-38(48(42)56-47(37)41)35-20-13-21-36(32-35)50-52-49(34-18-5-2-6-19-34)53-51(54-50)43-24-9-12-31-46(43)55-44-29-10-7-22-39(44)40-23-8-11-30-45(40)55/h1-32H/i7D,8D,10D,22D,23D,29D,30D. The summed E-state index contributed by atoms with van der Waals surface area (Å²) in [7, 11) is 0. The molecule has 0 fully saturated rings. The van der Waals surface area contributed by atoms with Crippen LogP contribution in [0.3, 0.4) is 0 Å². The van der Waals surface area contributed by atoms with Gasteiger partial charge in [-0.05, 0) is 52.5 Å². The molecule has 3 aromatic heterocycles. The van der Waals surface area contributed by atoms with Crippen LogP contribution in [0.15, 0.2) is 194 Å². The molecular weight excluding hydrogens is 701 g/mol. The Morgan fingerprint density at radius 1 is 0.393 bits per heavy atom. The third-order valence-electron chi connectivity index (χ3n) is 10.2. The number of hydrogen-bond donors (Lipinski definition) is 0. The maximum Gasteiger partial charge on any atom is 0.166 e. The van der Waals surface area contributed by atoms with E-state index >= 15 is 0 Å². The molecule has 56 heavy (non-hydrogen) atoms. The molecule has 11 aromatic rings. The number of benzene rings is 8. The second kappa shape index (κ2) is 13.3. The maximum atomic E-state index is 9.11. The average Bonchev–Trinajstić information content (AvgIpc) is 3.90. The van der Waals surface area contributed by atoms with E-state index in [4.69, 9.17) is 24.5 Å². The highest BCUT2D eigenvalue weighted by molar-refractivity contribution is 7.26. The minimum atomic E-state index is -0.460. The number of nitrogens with zero attached hydrogens (tertiary/aromatic N) is 4. The fourth-order valence-electron chi connectivity index (χ4n) is 7.63. The van der Waals surface area contributed by atoms with Gasteiger partial charge in [0.05, 0.1) is 26.3 Å². The van der Waals surface area contributed by atoms with Gasteiger partial charge in [0.1, 0.15) is 0 Å². The first-order valence-corrected chi connectivity index (χ1v) is 19.0.